The van der Waals surface area contributed by atoms with Crippen molar-refractivity contribution in [2.45, 2.75) is 32.5 Å². The van der Waals surface area contributed by atoms with Crippen molar-refractivity contribution in [3.8, 4) is 0 Å². The molecule has 4 heteroatoms. The van der Waals surface area contributed by atoms with Gasteiger partial charge >= 0.3 is 6.18 Å². The zero-order chi connectivity index (χ0) is 8.20. The molecule has 0 saturated carbocycles. The highest BCUT2D eigenvalue weighted by atomic mass is 19.4. The lowest BCUT2D eigenvalue weighted by Crippen LogP contribution is -2.30. The van der Waals surface area contributed by atoms with Crippen molar-refractivity contribution in [1.29, 1.82) is 0 Å². The van der Waals surface area contributed by atoms with E-state index in [9.17, 15) is 13.2 Å². The molecule has 10 heavy (non-hydrogen) atoms. The van der Waals surface area contributed by atoms with Gasteiger partial charge in [-0.05, 0) is 13.3 Å². The molecule has 0 aliphatic carbocycles. The molecule has 1 nitrogen and oxygen atoms in total. The van der Waals surface area contributed by atoms with Crippen LogP contribution in [-0.4, -0.2) is 18.9 Å². The number of ether oxygens (including phenoxy) is 1. The summed E-state index contributed by atoms with van der Waals surface area (Å²) in [6.45, 7) is 3.11. The Hall–Kier alpha value is -0.250. The smallest absolute Gasteiger partial charge is 0.369 e. The largest absolute Gasteiger partial charge is 0.414 e. The zero-order valence-corrected chi connectivity index (χ0v) is 6.03. The molecule has 0 rings (SSSR count). The molecule has 0 N–H and O–H groups in total. The van der Waals surface area contributed by atoms with Crippen LogP contribution in [0.3, 0.4) is 0 Å². The van der Waals surface area contributed by atoms with Gasteiger partial charge in [-0.25, -0.2) is 0 Å². The molecular formula is C6H11F3O. The van der Waals surface area contributed by atoms with Gasteiger partial charge in [0.15, 0.2) is 6.10 Å². The average Bonchev–Trinajstić information content (AvgIpc) is 1.80. The Bertz CT molecular complexity index is 89.5. The Labute approximate surface area is 58.2 Å². The van der Waals surface area contributed by atoms with Crippen LogP contribution in [0.5, 0.6) is 0 Å². The van der Waals surface area contributed by atoms with E-state index in [2.05, 4.69) is 4.74 Å². The lowest BCUT2D eigenvalue weighted by Gasteiger charge is -2.17. The summed E-state index contributed by atoms with van der Waals surface area (Å²) in [6, 6.07) is 0. The fraction of sp³-hybridized carbons (Fsp3) is 1.00. The predicted octanol–water partition coefficient (Wildman–Crippen LogP) is 2.36. The van der Waals surface area contributed by atoms with Crippen LogP contribution in [0.2, 0.25) is 0 Å². The summed E-state index contributed by atoms with van der Waals surface area (Å²) in [7, 11) is 0. The third-order valence-electron chi connectivity index (χ3n) is 1.10. The third kappa shape index (κ3) is 3.06. The molecular weight excluding hydrogens is 145 g/mol. The van der Waals surface area contributed by atoms with E-state index in [1.165, 1.54) is 6.92 Å². The monoisotopic (exact) mass is 156 g/mol. The maximum atomic E-state index is 11.8. The topological polar surface area (TPSA) is 9.23 Å². The van der Waals surface area contributed by atoms with E-state index in [0.717, 1.165) is 0 Å². The third-order valence-corrected chi connectivity index (χ3v) is 1.10. The van der Waals surface area contributed by atoms with Gasteiger partial charge in [0, 0.05) is 6.61 Å². The number of alkyl halides is 3. The minimum Gasteiger partial charge on any atom is -0.369 e. The fourth-order valence-electron chi connectivity index (χ4n) is 0.645. The molecule has 0 aromatic heterocycles. The molecule has 0 fully saturated rings. The van der Waals surface area contributed by atoms with Crippen LogP contribution in [0.25, 0.3) is 0 Å². The van der Waals surface area contributed by atoms with Crippen molar-refractivity contribution in [2.24, 2.45) is 0 Å². The summed E-state index contributed by atoms with van der Waals surface area (Å²) >= 11 is 0. The van der Waals surface area contributed by atoms with Crippen molar-refractivity contribution < 1.29 is 17.9 Å². The Balaban J connectivity index is 3.81. The summed E-state index contributed by atoms with van der Waals surface area (Å²) in [5.41, 5.74) is 0. The van der Waals surface area contributed by atoms with Crippen LogP contribution in [-0.2, 0) is 4.74 Å². The van der Waals surface area contributed by atoms with Crippen LogP contribution in [0.15, 0.2) is 0 Å². The van der Waals surface area contributed by atoms with Gasteiger partial charge in [0.2, 0.25) is 0 Å². The molecule has 1 atom stereocenters. The second-order valence-electron chi connectivity index (χ2n) is 1.89. The Morgan fingerprint density at radius 2 is 1.80 bits per heavy atom. The summed E-state index contributed by atoms with van der Waals surface area (Å²) < 4.78 is 39.8. The van der Waals surface area contributed by atoms with E-state index in [0.29, 0.717) is 0 Å². The molecule has 0 saturated heterocycles. The molecule has 0 radical (unpaired) electrons. The van der Waals surface area contributed by atoms with E-state index < -0.39 is 12.3 Å². The van der Waals surface area contributed by atoms with Gasteiger partial charge in [-0.3, -0.25) is 0 Å². The van der Waals surface area contributed by atoms with Gasteiger partial charge in [0.25, 0.3) is 0 Å². The minimum atomic E-state index is -4.20. The van der Waals surface area contributed by atoms with Gasteiger partial charge in [-0.2, -0.15) is 13.2 Å². The normalized spacial score (nSPS) is 15.3. The van der Waals surface area contributed by atoms with Crippen molar-refractivity contribution in [1.82, 2.24) is 0 Å². The van der Waals surface area contributed by atoms with Gasteiger partial charge in [-0.15, -0.1) is 0 Å². The molecule has 0 aliphatic rings. The molecule has 62 valence electrons. The number of hydrogen-bond acceptors (Lipinski definition) is 1. The van der Waals surface area contributed by atoms with Gasteiger partial charge in [0.1, 0.15) is 0 Å². The van der Waals surface area contributed by atoms with Crippen LogP contribution < -0.4 is 0 Å². The first kappa shape index (κ1) is 9.75. The lowest BCUT2D eigenvalue weighted by molar-refractivity contribution is -0.219. The maximum Gasteiger partial charge on any atom is 0.414 e. The summed E-state index contributed by atoms with van der Waals surface area (Å²) in [4.78, 5) is 0. The minimum absolute atomic E-state index is 0.0165. The highest BCUT2D eigenvalue weighted by Gasteiger charge is 2.38. The number of rotatable bonds is 3. The molecule has 0 bridgehead atoms. The van der Waals surface area contributed by atoms with E-state index in [-0.39, 0.29) is 13.0 Å². The van der Waals surface area contributed by atoms with Gasteiger partial charge in [-0.1, -0.05) is 6.92 Å². The first-order valence-electron chi connectivity index (χ1n) is 3.20. The van der Waals surface area contributed by atoms with Crippen molar-refractivity contribution in [2.75, 3.05) is 6.61 Å². The SMILES string of the molecule is CCO[C@H](CC)C(F)(F)F. The van der Waals surface area contributed by atoms with Crippen LogP contribution in [0, 0.1) is 0 Å². The highest BCUT2D eigenvalue weighted by molar-refractivity contribution is 4.64. The average molecular weight is 156 g/mol. The van der Waals surface area contributed by atoms with Gasteiger partial charge < -0.3 is 4.74 Å². The Morgan fingerprint density at radius 3 is 1.90 bits per heavy atom. The predicted molar refractivity (Wildman–Crippen MR) is 31.8 cm³/mol. The first-order valence-corrected chi connectivity index (χ1v) is 3.20. The van der Waals surface area contributed by atoms with Gasteiger partial charge in [0.05, 0.1) is 0 Å². The summed E-state index contributed by atoms with van der Waals surface area (Å²) in [5, 5.41) is 0. The Morgan fingerprint density at radius 1 is 1.30 bits per heavy atom. The van der Waals surface area contributed by atoms with E-state index >= 15 is 0 Å². The highest BCUT2D eigenvalue weighted by Crippen LogP contribution is 2.24. The summed E-state index contributed by atoms with van der Waals surface area (Å²) in [6.07, 6.45) is -5.81. The summed E-state index contributed by atoms with van der Waals surface area (Å²) in [5.74, 6) is 0. The molecule has 0 aromatic carbocycles. The quantitative estimate of drug-likeness (QED) is 0.609. The zero-order valence-electron chi connectivity index (χ0n) is 6.03. The molecule has 0 aromatic rings. The molecule has 0 spiro atoms. The lowest BCUT2D eigenvalue weighted by atomic mass is 10.3. The standard InChI is InChI=1S/C6H11F3O/c1-3-5(10-4-2)6(7,8)9/h5H,3-4H2,1-2H3/t5-/m1/s1. The van der Waals surface area contributed by atoms with Crippen LogP contribution in [0.1, 0.15) is 20.3 Å². The molecule has 0 unspecified atom stereocenters. The Kier molecular flexibility index (Phi) is 3.71. The van der Waals surface area contributed by atoms with E-state index in [4.69, 9.17) is 0 Å². The van der Waals surface area contributed by atoms with Crippen molar-refractivity contribution >= 4 is 0 Å². The van der Waals surface area contributed by atoms with E-state index in [1.54, 1.807) is 6.92 Å². The van der Waals surface area contributed by atoms with Crippen LogP contribution >= 0.6 is 0 Å². The molecule has 0 amide bonds. The van der Waals surface area contributed by atoms with Crippen molar-refractivity contribution in [3.05, 3.63) is 0 Å². The second-order valence-corrected chi connectivity index (χ2v) is 1.89. The first-order chi connectivity index (χ1) is 4.52. The maximum absolute atomic E-state index is 11.8. The van der Waals surface area contributed by atoms with Crippen LogP contribution in [0.4, 0.5) is 13.2 Å². The second kappa shape index (κ2) is 3.81. The molecule has 0 aliphatic heterocycles. The molecule has 0 heterocycles. The van der Waals surface area contributed by atoms with E-state index in [1.807, 2.05) is 0 Å². The van der Waals surface area contributed by atoms with Crippen molar-refractivity contribution in [3.63, 3.8) is 0 Å². The number of halogens is 3. The fourth-order valence-corrected chi connectivity index (χ4v) is 0.645. The number of hydrogen-bond donors (Lipinski definition) is 0.